The molecule has 6 aromatic carbocycles. The molecule has 1 atom stereocenters. The van der Waals surface area contributed by atoms with Crippen LogP contribution in [0.2, 0.25) is 0 Å². The van der Waals surface area contributed by atoms with Crippen molar-refractivity contribution in [2.24, 2.45) is 0 Å². The van der Waals surface area contributed by atoms with Crippen molar-refractivity contribution in [2.45, 2.75) is 24.5 Å². The Balaban J connectivity index is 1.40. The number of methoxy groups -OCH3 is 4. The summed E-state index contributed by atoms with van der Waals surface area (Å²) in [5.41, 5.74) is 5.62. The summed E-state index contributed by atoms with van der Waals surface area (Å²) in [5, 5.41) is 1.60. The molecule has 0 saturated carbocycles. The number of fused-ring (bicyclic) bond motifs is 8. The van der Waals surface area contributed by atoms with Crippen LogP contribution in [0.5, 0.6) is 28.7 Å². The lowest BCUT2D eigenvalue weighted by atomic mass is 9.79. The van der Waals surface area contributed by atoms with Crippen molar-refractivity contribution in [3.63, 3.8) is 0 Å². The second-order valence-electron chi connectivity index (χ2n) is 13.1. The third-order valence-electron chi connectivity index (χ3n) is 10.5. The first-order valence-corrected chi connectivity index (χ1v) is 17.7. The van der Waals surface area contributed by atoms with E-state index in [0.29, 0.717) is 23.5 Å². The Hall–Kier alpha value is -6.49. The van der Waals surface area contributed by atoms with Gasteiger partial charge in [0.25, 0.3) is 0 Å². The Labute approximate surface area is 314 Å². The molecule has 0 bridgehead atoms. The lowest BCUT2D eigenvalue weighted by Crippen LogP contribution is -2.35. The van der Waals surface area contributed by atoms with Gasteiger partial charge in [-0.05, 0) is 83.1 Å². The molecule has 0 saturated heterocycles. The minimum atomic E-state index is -1.05. The monoisotopic (exact) mass is 714 g/mol. The molecule has 1 unspecified atom stereocenters. The van der Waals surface area contributed by atoms with E-state index in [1.165, 1.54) is 0 Å². The molecule has 8 rings (SSSR count). The zero-order valence-electron chi connectivity index (χ0n) is 30.7. The highest BCUT2D eigenvalue weighted by molar-refractivity contribution is 6.09. The van der Waals surface area contributed by atoms with Crippen LogP contribution >= 0.6 is 0 Å². The van der Waals surface area contributed by atoms with Gasteiger partial charge < -0.3 is 28.4 Å². The van der Waals surface area contributed by atoms with E-state index in [1.54, 1.807) is 28.4 Å². The van der Waals surface area contributed by atoms with Crippen LogP contribution in [0.1, 0.15) is 46.7 Å². The van der Waals surface area contributed by atoms with Gasteiger partial charge in [0.05, 0.1) is 21.3 Å². The smallest absolute Gasteiger partial charge is 0.390 e. The summed E-state index contributed by atoms with van der Waals surface area (Å²) < 4.78 is 36.9. The van der Waals surface area contributed by atoms with E-state index in [9.17, 15) is 4.79 Å². The summed E-state index contributed by atoms with van der Waals surface area (Å²) >= 11 is 0. The van der Waals surface area contributed by atoms with Gasteiger partial charge in [-0.15, -0.1) is 0 Å². The molecule has 0 spiro atoms. The van der Waals surface area contributed by atoms with Crippen LogP contribution in [0.3, 0.4) is 0 Å². The second kappa shape index (κ2) is 13.8. The average molecular weight is 715 g/mol. The first-order chi connectivity index (χ1) is 26.4. The number of rotatable bonds is 8. The molecule has 268 valence electrons. The van der Waals surface area contributed by atoms with Crippen molar-refractivity contribution in [3.8, 4) is 51.7 Å². The Morgan fingerprint density at radius 3 is 1.96 bits per heavy atom. The van der Waals surface area contributed by atoms with E-state index >= 15 is 0 Å². The van der Waals surface area contributed by atoms with Gasteiger partial charge in [-0.25, -0.2) is 4.79 Å². The van der Waals surface area contributed by atoms with Gasteiger partial charge in [0.1, 0.15) is 22.8 Å². The van der Waals surface area contributed by atoms with Crippen molar-refractivity contribution >= 4 is 22.8 Å². The zero-order valence-corrected chi connectivity index (χ0v) is 30.7. The fourth-order valence-corrected chi connectivity index (χ4v) is 7.92. The molecule has 7 nitrogen and oxygen atoms in total. The quantitative estimate of drug-likeness (QED) is 0.0884. The van der Waals surface area contributed by atoms with E-state index in [2.05, 4.69) is 43.0 Å². The molecule has 2 aliphatic rings. The lowest BCUT2D eigenvalue weighted by molar-refractivity contribution is -0.128. The minimum Gasteiger partial charge on any atom is -0.497 e. The van der Waals surface area contributed by atoms with Crippen molar-refractivity contribution in [3.05, 3.63) is 155 Å². The van der Waals surface area contributed by atoms with Crippen molar-refractivity contribution < 1.29 is 33.2 Å². The van der Waals surface area contributed by atoms with Crippen molar-refractivity contribution in [1.82, 2.24) is 0 Å². The summed E-state index contributed by atoms with van der Waals surface area (Å²) in [4.78, 5) is 13.2. The van der Waals surface area contributed by atoms with Gasteiger partial charge in [-0.3, -0.25) is 0 Å². The van der Waals surface area contributed by atoms with E-state index in [0.717, 1.165) is 61.2 Å². The molecule has 54 heavy (non-hydrogen) atoms. The highest BCUT2D eigenvalue weighted by Crippen LogP contribution is 2.60. The molecule has 0 aromatic heterocycles. The second-order valence-corrected chi connectivity index (χ2v) is 13.1. The molecular weight excluding hydrogens is 677 g/mol. The van der Waals surface area contributed by atoms with E-state index in [4.69, 9.17) is 28.4 Å². The summed E-state index contributed by atoms with van der Waals surface area (Å²) in [6.07, 6.45) is 4.93. The van der Waals surface area contributed by atoms with Crippen molar-refractivity contribution in [2.75, 3.05) is 28.4 Å². The topological polar surface area (TPSA) is 72.5 Å². The molecule has 0 N–H and O–H groups in total. The number of hydrogen-bond donors (Lipinski definition) is 0. The highest BCUT2D eigenvalue weighted by Gasteiger charge is 2.48. The van der Waals surface area contributed by atoms with Crippen LogP contribution in [0.4, 0.5) is 0 Å². The summed E-state index contributed by atoms with van der Waals surface area (Å²) in [7, 11) is 6.61. The Morgan fingerprint density at radius 2 is 1.35 bits per heavy atom. The van der Waals surface area contributed by atoms with Gasteiger partial charge in [-0.1, -0.05) is 85.7 Å². The summed E-state index contributed by atoms with van der Waals surface area (Å²) in [6, 6.07) is 37.2. The number of carbonyl (C=O) groups excluding carboxylic acids is 1. The van der Waals surface area contributed by atoms with Gasteiger partial charge in [0.15, 0.2) is 17.1 Å². The first-order valence-electron chi connectivity index (χ1n) is 17.7. The van der Waals surface area contributed by atoms with Crippen molar-refractivity contribution in [1.29, 1.82) is 0 Å². The number of ether oxygens (including phenoxy) is 6. The van der Waals surface area contributed by atoms with Crippen LogP contribution in [0.15, 0.2) is 121 Å². The van der Waals surface area contributed by atoms with Crippen LogP contribution in [-0.4, -0.2) is 34.4 Å². The van der Waals surface area contributed by atoms with Crippen LogP contribution < -0.4 is 23.7 Å². The van der Waals surface area contributed by atoms with Gasteiger partial charge in [-0.2, -0.15) is 0 Å². The maximum Gasteiger partial charge on any atom is 0.390 e. The van der Waals surface area contributed by atoms with Crippen LogP contribution in [0.25, 0.3) is 28.0 Å². The highest BCUT2D eigenvalue weighted by atomic mass is 16.6. The van der Waals surface area contributed by atoms with E-state index < -0.39 is 17.2 Å². The average Bonchev–Trinajstić information content (AvgIpc) is 3.53. The van der Waals surface area contributed by atoms with Crippen LogP contribution in [0, 0.1) is 11.8 Å². The lowest BCUT2D eigenvalue weighted by Gasteiger charge is -2.39. The molecule has 0 radical (unpaired) electrons. The Kier molecular flexibility index (Phi) is 8.85. The fraction of sp³-hybridized carbons (Fsp3) is 0.170. The molecule has 0 fully saturated rings. The third kappa shape index (κ3) is 5.46. The first kappa shape index (κ1) is 34.6. The molecule has 6 aromatic rings. The molecule has 1 aliphatic carbocycles. The number of benzene rings is 6. The fourth-order valence-electron chi connectivity index (χ4n) is 7.92. The maximum atomic E-state index is 13.2. The molecule has 1 aliphatic heterocycles. The maximum absolute atomic E-state index is 13.2. The summed E-state index contributed by atoms with van der Waals surface area (Å²) in [5.74, 6) is 7.51. The standard InChI is InChI=1S/C47H38O7/c1-6-46(52-5)39-15-11-10-14-35(39)43-37-28-41(53-42(48)25-16-30-12-8-7-9-13-30)40(51-4)29-38(37)45-36(44(43)46)26-27-47(54-45,31-17-21-33(49-2)22-18-31)32-19-23-34(50-3)24-20-32/h7-15,17-24,26-29H,6H2,1-5H3. The van der Waals surface area contributed by atoms with Crippen LogP contribution in [-0.2, 0) is 20.7 Å². The normalized spacial score (nSPS) is 15.9. The molecule has 1 heterocycles. The minimum absolute atomic E-state index is 0.242. The van der Waals surface area contributed by atoms with E-state index in [1.807, 2.05) is 103 Å². The predicted octanol–water partition coefficient (Wildman–Crippen LogP) is 9.45. The largest absolute Gasteiger partial charge is 0.497 e. The van der Waals surface area contributed by atoms with E-state index in [-0.39, 0.29) is 5.75 Å². The molecular formula is C47H38O7. The number of hydrogen-bond acceptors (Lipinski definition) is 7. The Morgan fingerprint density at radius 1 is 0.722 bits per heavy atom. The number of carbonyl (C=O) groups is 1. The zero-order chi connectivity index (χ0) is 37.5. The Bertz CT molecular complexity index is 2440. The molecule has 7 heteroatoms. The van der Waals surface area contributed by atoms with Gasteiger partial charge in [0.2, 0.25) is 0 Å². The SMILES string of the molecule is CCC1(OC)c2ccccc2-c2c1c1c(c3cc(OC)c(OC(=O)C#Cc4ccccc4)cc23)OC(c2ccc(OC)cc2)(c2ccc(OC)cc2)C=C1. The predicted molar refractivity (Wildman–Crippen MR) is 209 cm³/mol. The summed E-state index contributed by atoms with van der Waals surface area (Å²) in [6.45, 7) is 2.13. The number of esters is 1. The third-order valence-corrected chi connectivity index (χ3v) is 10.5. The van der Waals surface area contributed by atoms with Gasteiger partial charge in [0, 0.05) is 46.2 Å². The van der Waals surface area contributed by atoms with Gasteiger partial charge >= 0.3 is 5.97 Å². The molecule has 0 amide bonds.